The van der Waals surface area contributed by atoms with Crippen LogP contribution >= 0.6 is 27.5 Å². The summed E-state index contributed by atoms with van der Waals surface area (Å²) in [6.07, 6.45) is 10.0. The highest BCUT2D eigenvalue weighted by atomic mass is 79.9. The van der Waals surface area contributed by atoms with Crippen molar-refractivity contribution in [3.05, 3.63) is 81.0 Å². The molecule has 2 heterocycles. The van der Waals surface area contributed by atoms with Gasteiger partial charge in [0, 0.05) is 21.8 Å². The largest absolute Gasteiger partial charge is 0.493 e. The predicted octanol–water partition coefficient (Wildman–Crippen LogP) is 6.82. The minimum Gasteiger partial charge on any atom is -0.493 e. The van der Waals surface area contributed by atoms with Crippen LogP contribution in [0, 0.1) is 11.7 Å². The standard InChI is InChI=1S/C27H24BrClFN4O2/c1-15(2)10-34-11-17-6-16(7-18(17)12-34)13-36-24-9-22-19(8-23(24)35-3)27(32-14-31-22)33-21-5-4-20(28)25(29)26(21)30/h4-9,11-12,14-15H,10,13H2,1-3H3,(H,31,32,33)/q+1. The Labute approximate surface area is 221 Å². The molecule has 36 heavy (non-hydrogen) atoms. The normalized spacial score (nSPS) is 14.4. The molecule has 1 N–H and O–H groups in total. The summed E-state index contributed by atoms with van der Waals surface area (Å²) in [5.74, 6) is 1.52. The number of nitrogens with one attached hydrogen (secondary N) is 1. The van der Waals surface area contributed by atoms with Crippen molar-refractivity contribution in [2.45, 2.75) is 13.8 Å². The Kier molecular flexibility index (Phi) is 6.81. The Hall–Kier alpha value is -3.23. The van der Waals surface area contributed by atoms with Gasteiger partial charge >= 0.3 is 0 Å². The molecule has 9 heteroatoms. The molecule has 1 aliphatic carbocycles. The van der Waals surface area contributed by atoms with Crippen LogP contribution in [0.2, 0.25) is 5.02 Å². The maximum absolute atomic E-state index is 14.6. The van der Waals surface area contributed by atoms with Crippen LogP contribution in [-0.2, 0) is 0 Å². The molecule has 0 spiro atoms. The minimum absolute atomic E-state index is 0.00653. The average molecular weight is 571 g/mol. The molecular formula is C27H24BrClFN4O2+. The molecular weight excluding hydrogens is 547 g/mol. The smallest absolute Gasteiger partial charge is 0.176 e. The number of anilines is 2. The molecule has 184 valence electrons. The van der Waals surface area contributed by atoms with Crippen molar-refractivity contribution in [1.29, 1.82) is 0 Å². The third-order valence-electron chi connectivity index (χ3n) is 5.80. The van der Waals surface area contributed by atoms with Crippen LogP contribution in [0.4, 0.5) is 15.9 Å². The van der Waals surface area contributed by atoms with E-state index in [4.69, 9.17) is 21.1 Å². The molecule has 0 saturated carbocycles. The Bertz CT molecular complexity index is 1500. The average Bonchev–Trinajstić information content (AvgIpc) is 3.40. The number of halogens is 3. The Balaban J connectivity index is 1.37. The zero-order chi connectivity index (χ0) is 25.4. The van der Waals surface area contributed by atoms with Crippen molar-refractivity contribution < 1.29 is 18.4 Å². The Morgan fingerprint density at radius 3 is 2.72 bits per heavy atom. The summed E-state index contributed by atoms with van der Waals surface area (Å²) in [5.41, 5.74) is 4.30. The van der Waals surface area contributed by atoms with Crippen LogP contribution in [0.1, 0.15) is 13.8 Å². The summed E-state index contributed by atoms with van der Waals surface area (Å²) < 4.78 is 29.1. The number of aromatic nitrogens is 2. The van der Waals surface area contributed by atoms with Crippen molar-refractivity contribution in [3.63, 3.8) is 0 Å². The molecule has 1 aromatic heterocycles. The van der Waals surface area contributed by atoms with Crippen molar-refractivity contribution in [2.24, 2.45) is 5.92 Å². The second-order valence-electron chi connectivity index (χ2n) is 9.00. The van der Waals surface area contributed by atoms with Gasteiger partial charge in [-0.2, -0.15) is 0 Å². The zero-order valence-electron chi connectivity index (χ0n) is 20.0. The maximum Gasteiger partial charge on any atom is 0.176 e. The van der Waals surface area contributed by atoms with E-state index in [1.165, 1.54) is 17.5 Å². The predicted molar refractivity (Wildman–Crippen MR) is 144 cm³/mol. The van der Waals surface area contributed by atoms with E-state index in [0.717, 1.165) is 12.1 Å². The molecule has 3 aromatic rings. The van der Waals surface area contributed by atoms with E-state index < -0.39 is 5.82 Å². The van der Waals surface area contributed by atoms with E-state index in [0.29, 0.717) is 45.2 Å². The number of benzene rings is 2. The fraction of sp³-hybridized carbons (Fsp3) is 0.222. The number of hydrogen-bond acceptors (Lipinski definition) is 5. The van der Waals surface area contributed by atoms with E-state index in [1.54, 1.807) is 31.4 Å². The molecule has 2 aliphatic rings. The first-order valence-corrected chi connectivity index (χ1v) is 12.6. The van der Waals surface area contributed by atoms with Crippen LogP contribution in [0.25, 0.3) is 10.9 Å². The molecule has 0 saturated heterocycles. The fourth-order valence-corrected chi connectivity index (χ4v) is 4.65. The third kappa shape index (κ3) is 4.88. The number of fused-ring (bicyclic) bond motifs is 2. The number of hydrogen-bond donors (Lipinski definition) is 1. The SMILES string of the molecule is COc1cc2c(Nc3ccc(Br)c(Cl)c3F)ncnc2cc1OCC1=CC2=C[N+](CC(C)C)=CC2=C1. The van der Waals surface area contributed by atoms with E-state index in [-0.39, 0.29) is 10.7 Å². The van der Waals surface area contributed by atoms with Gasteiger partial charge in [0.2, 0.25) is 0 Å². The topological polar surface area (TPSA) is 59.3 Å². The van der Waals surface area contributed by atoms with Gasteiger partial charge in [0.05, 0.1) is 34.5 Å². The van der Waals surface area contributed by atoms with Gasteiger partial charge in [-0.15, -0.1) is 0 Å². The van der Waals surface area contributed by atoms with Gasteiger partial charge in [-0.1, -0.05) is 25.4 Å². The first kappa shape index (κ1) is 24.5. The van der Waals surface area contributed by atoms with Gasteiger partial charge in [-0.05, 0) is 51.9 Å². The van der Waals surface area contributed by atoms with Crippen molar-refractivity contribution in [2.75, 3.05) is 25.6 Å². The molecule has 0 bridgehead atoms. The molecule has 6 nitrogen and oxygen atoms in total. The van der Waals surface area contributed by atoms with Crippen LogP contribution < -0.4 is 14.8 Å². The molecule has 0 unspecified atom stereocenters. The molecule has 0 amide bonds. The van der Waals surface area contributed by atoms with Gasteiger partial charge in [-0.25, -0.2) is 18.9 Å². The Morgan fingerprint density at radius 2 is 1.97 bits per heavy atom. The Morgan fingerprint density at radius 1 is 1.14 bits per heavy atom. The monoisotopic (exact) mass is 569 g/mol. The number of rotatable bonds is 8. The van der Waals surface area contributed by atoms with Crippen molar-refractivity contribution in [3.8, 4) is 11.5 Å². The van der Waals surface area contributed by atoms with E-state index in [1.807, 2.05) is 0 Å². The summed E-state index contributed by atoms with van der Waals surface area (Å²) in [6.45, 7) is 5.80. The second-order valence-corrected chi connectivity index (χ2v) is 10.2. The van der Waals surface area contributed by atoms with Crippen LogP contribution in [-0.4, -0.2) is 41.0 Å². The van der Waals surface area contributed by atoms with E-state index in [9.17, 15) is 4.39 Å². The first-order chi connectivity index (χ1) is 17.3. The molecule has 1 aliphatic heterocycles. The van der Waals surface area contributed by atoms with Crippen LogP contribution in [0.15, 0.2) is 70.1 Å². The van der Waals surface area contributed by atoms with Crippen molar-refractivity contribution in [1.82, 2.24) is 9.97 Å². The highest BCUT2D eigenvalue weighted by molar-refractivity contribution is 9.10. The lowest BCUT2D eigenvalue weighted by molar-refractivity contribution is -0.456. The van der Waals surface area contributed by atoms with E-state index in [2.05, 4.69) is 74.2 Å². The number of ether oxygens (including phenoxy) is 2. The van der Waals surface area contributed by atoms with Gasteiger partial charge in [-0.3, -0.25) is 0 Å². The van der Waals surface area contributed by atoms with Crippen LogP contribution in [0.5, 0.6) is 11.5 Å². The summed E-state index contributed by atoms with van der Waals surface area (Å²) in [5, 5.41) is 3.66. The molecule has 0 radical (unpaired) electrons. The highest BCUT2D eigenvalue weighted by Gasteiger charge is 2.24. The number of allylic oxidation sites excluding steroid dienone is 3. The summed E-state index contributed by atoms with van der Waals surface area (Å²) >= 11 is 9.26. The minimum atomic E-state index is -0.576. The van der Waals surface area contributed by atoms with Gasteiger partial charge < -0.3 is 14.8 Å². The highest BCUT2D eigenvalue weighted by Crippen LogP contribution is 2.37. The first-order valence-electron chi connectivity index (χ1n) is 11.4. The number of methoxy groups -OCH3 is 1. The van der Waals surface area contributed by atoms with Gasteiger partial charge in [0.1, 0.15) is 18.8 Å². The molecule has 0 fully saturated rings. The third-order valence-corrected chi connectivity index (χ3v) is 7.06. The summed E-state index contributed by atoms with van der Waals surface area (Å²) in [7, 11) is 1.57. The summed E-state index contributed by atoms with van der Waals surface area (Å²) in [4.78, 5) is 8.67. The summed E-state index contributed by atoms with van der Waals surface area (Å²) in [6, 6.07) is 6.83. The fourth-order valence-electron chi connectivity index (χ4n) is 4.18. The lowest BCUT2D eigenvalue weighted by Crippen LogP contribution is -2.10. The zero-order valence-corrected chi connectivity index (χ0v) is 22.3. The number of nitrogens with zero attached hydrogens (tertiary/aromatic N) is 3. The van der Waals surface area contributed by atoms with Crippen LogP contribution in [0.3, 0.4) is 0 Å². The quantitative estimate of drug-likeness (QED) is 0.238. The lowest BCUT2D eigenvalue weighted by atomic mass is 10.2. The van der Waals surface area contributed by atoms with Crippen molar-refractivity contribution >= 4 is 56.2 Å². The van der Waals surface area contributed by atoms with E-state index >= 15 is 0 Å². The van der Waals surface area contributed by atoms with Gasteiger partial charge in [0.15, 0.2) is 36.3 Å². The maximum atomic E-state index is 14.6. The molecule has 5 rings (SSSR count). The molecule has 2 aromatic carbocycles. The second kappa shape index (κ2) is 10.0. The van der Waals surface area contributed by atoms with Gasteiger partial charge in [0.25, 0.3) is 0 Å². The lowest BCUT2D eigenvalue weighted by Gasteiger charge is -2.14. The molecule has 0 atom stereocenters.